The van der Waals surface area contributed by atoms with Gasteiger partial charge in [-0.3, -0.25) is 16.2 Å². The first-order valence-corrected chi connectivity index (χ1v) is 7.57. The van der Waals surface area contributed by atoms with Crippen LogP contribution in [0.4, 0.5) is 0 Å². The zero-order valence-electron chi connectivity index (χ0n) is 11.6. The van der Waals surface area contributed by atoms with Gasteiger partial charge >= 0.3 is 0 Å². The van der Waals surface area contributed by atoms with E-state index in [0.29, 0.717) is 6.04 Å². The lowest BCUT2D eigenvalue weighted by Crippen LogP contribution is -2.61. The standard InChI is InChI=1S/C15H25N3O/c16-17-14(11-13-5-10-19-12-13)15(6-1-2-7-15)18-8-3-4-9-18/h5,10,12,14,17H,1-4,6-9,11,16H2. The Morgan fingerprint density at radius 3 is 2.58 bits per heavy atom. The quantitative estimate of drug-likeness (QED) is 0.631. The van der Waals surface area contributed by atoms with Crippen LogP contribution in [0, 0.1) is 0 Å². The van der Waals surface area contributed by atoms with E-state index in [-0.39, 0.29) is 5.54 Å². The van der Waals surface area contributed by atoms with E-state index in [0.717, 1.165) is 6.42 Å². The maximum Gasteiger partial charge on any atom is 0.0935 e. The highest BCUT2D eigenvalue weighted by atomic mass is 16.3. The molecule has 1 atom stereocenters. The van der Waals surface area contributed by atoms with E-state index in [4.69, 9.17) is 10.3 Å². The molecule has 1 aromatic rings. The van der Waals surface area contributed by atoms with Crippen LogP contribution in [0.1, 0.15) is 44.1 Å². The third kappa shape index (κ3) is 2.45. The van der Waals surface area contributed by atoms with Crippen molar-refractivity contribution in [1.82, 2.24) is 10.3 Å². The number of nitrogens with one attached hydrogen (secondary N) is 1. The molecule has 0 bridgehead atoms. The molecule has 1 saturated heterocycles. The van der Waals surface area contributed by atoms with Crippen molar-refractivity contribution in [2.24, 2.45) is 5.84 Å². The minimum absolute atomic E-state index is 0.266. The molecule has 3 N–H and O–H groups in total. The van der Waals surface area contributed by atoms with Gasteiger partial charge in [-0.1, -0.05) is 12.8 Å². The number of rotatable bonds is 5. The Morgan fingerprint density at radius 2 is 2.00 bits per heavy atom. The van der Waals surface area contributed by atoms with Gasteiger partial charge < -0.3 is 4.42 Å². The van der Waals surface area contributed by atoms with Gasteiger partial charge in [-0.05, 0) is 56.8 Å². The maximum atomic E-state index is 5.91. The Balaban J connectivity index is 1.80. The highest BCUT2D eigenvalue weighted by molar-refractivity contribution is 5.13. The molecule has 0 spiro atoms. The lowest BCUT2D eigenvalue weighted by atomic mass is 9.83. The third-order valence-corrected chi connectivity index (χ3v) is 5.07. The van der Waals surface area contributed by atoms with E-state index in [1.165, 1.54) is 57.2 Å². The molecular weight excluding hydrogens is 238 g/mol. The molecule has 1 aliphatic carbocycles. The molecular formula is C15H25N3O. The lowest BCUT2D eigenvalue weighted by molar-refractivity contribution is 0.0766. The number of nitrogens with two attached hydrogens (primary N) is 1. The van der Waals surface area contributed by atoms with Crippen LogP contribution in [0.25, 0.3) is 0 Å². The molecule has 19 heavy (non-hydrogen) atoms. The van der Waals surface area contributed by atoms with Crippen LogP contribution in [-0.4, -0.2) is 29.6 Å². The summed E-state index contributed by atoms with van der Waals surface area (Å²) in [7, 11) is 0. The molecule has 1 aliphatic heterocycles. The third-order valence-electron chi connectivity index (χ3n) is 5.07. The van der Waals surface area contributed by atoms with E-state index >= 15 is 0 Å². The monoisotopic (exact) mass is 263 g/mol. The van der Waals surface area contributed by atoms with Gasteiger partial charge in [-0.15, -0.1) is 0 Å². The second-order valence-corrected chi connectivity index (χ2v) is 6.06. The number of hydrogen-bond acceptors (Lipinski definition) is 4. The Kier molecular flexibility index (Phi) is 3.91. The number of nitrogens with zero attached hydrogens (tertiary/aromatic N) is 1. The average Bonchev–Trinajstić information content (AvgIpc) is 3.15. The first-order valence-electron chi connectivity index (χ1n) is 7.57. The highest BCUT2D eigenvalue weighted by Crippen LogP contribution is 2.40. The Labute approximate surface area is 115 Å². The zero-order valence-corrected chi connectivity index (χ0v) is 11.6. The van der Waals surface area contributed by atoms with E-state index in [9.17, 15) is 0 Å². The van der Waals surface area contributed by atoms with Crippen molar-refractivity contribution >= 4 is 0 Å². The number of furan rings is 1. The van der Waals surface area contributed by atoms with Crippen LogP contribution < -0.4 is 11.3 Å². The summed E-state index contributed by atoms with van der Waals surface area (Å²) in [6.07, 6.45) is 12.5. The Bertz CT molecular complexity index is 378. The largest absolute Gasteiger partial charge is 0.472 e. The van der Waals surface area contributed by atoms with Gasteiger partial charge in [0, 0.05) is 11.6 Å². The van der Waals surface area contributed by atoms with Gasteiger partial charge in [0.2, 0.25) is 0 Å². The van der Waals surface area contributed by atoms with Gasteiger partial charge in [0.15, 0.2) is 0 Å². The summed E-state index contributed by atoms with van der Waals surface area (Å²) in [5, 5.41) is 0. The van der Waals surface area contributed by atoms with Crippen LogP contribution in [-0.2, 0) is 6.42 Å². The van der Waals surface area contributed by atoms with Crippen LogP contribution in [0.15, 0.2) is 23.0 Å². The molecule has 2 heterocycles. The predicted molar refractivity (Wildman–Crippen MR) is 75.5 cm³/mol. The van der Waals surface area contributed by atoms with Crippen molar-refractivity contribution in [2.75, 3.05) is 13.1 Å². The molecule has 0 radical (unpaired) electrons. The minimum atomic E-state index is 0.266. The molecule has 1 unspecified atom stereocenters. The molecule has 4 nitrogen and oxygen atoms in total. The average molecular weight is 263 g/mol. The van der Waals surface area contributed by atoms with E-state index in [2.05, 4.69) is 16.4 Å². The van der Waals surface area contributed by atoms with Crippen LogP contribution >= 0.6 is 0 Å². The molecule has 2 fully saturated rings. The van der Waals surface area contributed by atoms with Crippen molar-refractivity contribution in [2.45, 2.75) is 56.5 Å². The molecule has 4 heteroatoms. The second kappa shape index (κ2) is 5.65. The second-order valence-electron chi connectivity index (χ2n) is 6.06. The Morgan fingerprint density at radius 1 is 1.26 bits per heavy atom. The van der Waals surface area contributed by atoms with Crippen molar-refractivity contribution in [1.29, 1.82) is 0 Å². The summed E-state index contributed by atoms with van der Waals surface area (Å²) >= 11 is 0. The molecule has 0 amide bonds. The van der Waals surface area contributed by atoms with Gasteiger partial charge in [-0.2, -0.15) is 0 Å². The summed E-state index contributed by atoms with van der Waals surface area (Å²) < 4.78 is 5.20. The van der Waals surface area contributed by atoms with Crippen LogP contribution in [0.5, 0.6) is 0 Å². The van der Waals surface area contributed by atoms with Crippen molar-refractivity contribution in [3.63, 3.8) is 0 Å². The zero-order chi connectivity index (χ0) is 13.1. The number of likely N-dealkylation sites (tertiary alicyclic amines) is 1. The molecule has 3 rings (SSSR count). The summed E-state index contributed by atoms with van der Waals surface area (Å²) in [6, 6.07) is 2.38. The molecule has 1 aromatic heterocycles. The minimum Gasteiger partial charge on any atom is -0.472 e. The SMILES string of the molecule is NNC(Cc1ccoc1)C1(N2CCCC2)CCCC1. The summed E-state index contributed by atoms with van der Waals surface area (Å²) in [5.74, 6) is 5.91. The summed E-state index contributed by atoms with van der Waals surface area (Å²) in [5.41, 5.74) is 4.63. The van der Waals surface area contributed by atoms with Crippen molar-refractivity contribution in [3.8, 4) is 0 Å². The van der Waals surface area contributed by atoms with Gasteiger partial charge in [-0.25, -0.2) is 0 Å². The maximum absolute atomic E-state index is 5.91. The first-order chi connectivity index (χ1) is 9.35. The van der Waals surface area contributed by atoms with E-state index < -0.39 is 0 Å². The molecule has 1 saturated carbocycles. The van der Waals surface area contributed by atoms with Gasteiger partial charge in [0.25, 0.3) is 0 Å². The predicted octanol–water partition coefficient (Wildman–Crippen LogP) is 2.06. The normalized spacial score (nSPS) is 24.9. The fraction of sp³-hybridized carbons (Fsp3) is 0.733. The van der Waals surface area contributed by atoms with Crippen molar-refractivity contribution < 1.29 is 4.42 Å². The fourth-order valence-corrected chi connectivity index (χ4v) is 4.08. The van der Waals surface area contributed by atoms with Gasteiger partial charge in [0.05, 0.1) is 12.5 Å². The van der Waals surface area contributed by atoms with E-state index in [1.54, 1.807) is 6.26 Å². The van der Waals surface area contributed by atoms with Gasteiger partial charge in [0.1, 0.15) is 0 Å². The fourth-order valence-electron chi connectivity index (χ4n) is 4.08. The van der Waals surface area contributed by atoms with E-state index in [1.807, 2.05) is 6.26 Å². The van der Waals surface area contributed by atoms with Crippen LogP contribution in [0.2, 0.25) is 0 Å². The Hall–Kier alpha value is -0.840. The molecule has 0 aromatic carbocycles. The first kappa shape index (κ1) is 13.2. The van der Waals surface area contributed by atoms with Crippen LogP contribution in [0.3, 0.4) is 0 Å². The highest BCUT2D eigenvalue weighted by Gasteiger charge is 2.46. The number of hydrazine groups is 1. The van der Waals surface area contributed by atoms with Crippen molar-refractivity contribution in [3.05, 3.63) is 24.2 Å². The lowest BCUT2D eigenvalue weighted by Gasteiger charge is -2.45. The topological polar surface area (TPSA) is 54.4 Å². The molecule has 106 valence electrons. The summed E-state index contributed by atoms with van der Waals surface area (Å²) in [4.78, 5) is 2.70. The number of hydrogen-bond donors (Lipinski definition) is 2. The summed E-state index contributed by atoms with van der Waals surface area (Å²) in [6.45, 7) is 2.48. The molecule has 2 aliphatic rings. The smallest absolute Gasteiger partial charge is 0.0935 e.